The molecule has 2 nitrogen and oxygen atoms in total. The van der Waals surface area contributed by atoms with Crippen LogP contribution >= 0.6 is 0 Å². The summed E-state index contributed by atoms with van der Waals surface area (Å²) in [4.78, 5) is 0. The molecule has 0 radical (unpaired) electrons. The lowest BCUT2D eigenvalue weighted by Gasteiger charge is -2.29. The summed E-state index contributed by atoms with van der Waals surface area (Å²) < 4.78 is 11.3. The minimum absolute atomic E-state index is 0.351. The van der Waals surface area contributed by atoms with Gasteiger partial charge in [0.1, 0.15) is 0 Å². The van der Waals surface area contributed by atoms with E-state index in [1.54, 1.807) is 0 Å². The fourth-order valence-corrected chi connectivity index (χ4v) is 1.85. The van der Waals surface area contributed by atoms with Gasteiger partial charge in [-0.3, -0.25) is 0 Å². The maximum atomic E-state index is 5.65. The first kappa shape index (κ1) is 14.9. The number of hydrogen-bond acceptors (Lipinski definition) is 2. The van der Waals surface area contributed by atoms with Gasteiger partial charge in [0.15, 0.2) is 5.79 Å². The van der Waals surface area contributed by atoms with Crippen molar-refractivity contribution < 1.29 is 9.47 Å². The molecule has 0 aromatic heterocycles. The molecule has 0 atom stereocenters. The van der Waals surface area contributed by atoms with Gasteiger partial charge in [-0.05, 0) is 27.2 Å². The zero-order valence-electron chi connectivity index (χ0n) is 11.0. The Morgan fingerprint density at radius 2 is 1.33 bits per heavy atom. The lowest BCUT2D eigenvalue weighted by Crippen LogP contribution is -2.32. The third-order valence-corrected chi connectivity index (χ3v) is 2.63. The molecule has 0 N–H and O–H groups in total. The number of rotatable bonds is 10. The first-order valence-electron chi connectivity index (χ1n) is 6.46. The van der Waals surface area contributed by atoms with E-state index in [0.717, 1.165) is 19.6 Å². The summed E-state index contributed by atoms with van der Waals surface area (Å²) in [5.74, 6) is -0.351. The molecule has 0 amide bonds. The molecule has 2 heteroatoms. The lowest BCUT2D eigenvalue weighted by atomic mass is 10.1. The van der Waals surface area contributed by atoms with Crippen LogP contribution < -0.4 is 0 Å². The van der Waals surface area contributed by atoms with Crippen LogP contribution in [0.15, 0.2) is 0 Å². The summed E-state index contributed by atoms with van der Waals surface area (Å²) in [6.45, 7) is 9.80. The Kier molecular flexibility index (Phi) is 9.12. The summed E-state index contributed by atoms with van der Waals surface area (Å²) in [7, 11) is 0. The predicted molar refractivity (Wildman–Crippen MR) is 65.0 cm³/mol. The third-order valence-electron chi connectivity index (χ3n) is 2.63. The van der Waals surface area contributed by atoms with Gasteiger partial charge in [-0.25, -0.2) is 0 Å². The van der Waals surface area contributed by atoms with Crippen molar-refractivity contribution in [3.63, 3.8) is 0 Å². The summed E-state index contributed by atoms with van der Waals surface area (Å²) in [6.07, 6.45) is 7.50. The highest BCUT2D eigenvalue weighted by Crippen LogP contribution is 2.21. The smallest absolute Gasteiger partial charge is 0.165 e. The Morgan fingerprint density at radius 3 is 1.80 bits per heavy atom. The Morgan fingerprint density at radius 1 is 0.800 bits per heavy atom. The van der Waals surface area contributed by atoms with Crippen LogP contribution in [0.5, 0.6) is 0 Å². The SMILES string of the molecule is CCCCCCCC(C)(OCC)OCC. The van der Waals surface area contributed by atoms with E-state index in [-0.39, 0.29) is 5.79 Å². The number of ether oxygens (including phenoxy) is 2. The molecule has 0 aromatic carbocycles. The molecule has 0 rings (SSSR count). The fraction of sp³-hybridized carbons (Fsp3) is 1.00. The van der Waals surface area contributed by atoms with E-state index in [1.807, 2.05) is 13.8 Å². The highest BCUT2D eigenvalue weighted by atomic mass is 16.7. The monoisotopic (exact) mass is 216 g/mol. The molecule has 0 fully saturated rings. The lowest BCUT2D eigenvalue weighted by molar-refractivity contribution is -0.225. The van der Waals surface area contributed by atoms with Crippen LogP contribution in [0.2, 0.25) is 0 Å². The van der Waals surface area contributed by atoms with E-state index < -0.39 is 0 Å². The predicted octanol–water partition coefficient (Wildman–Crippen LogP) is 4.14. The minimum atomic E-state index is -0.351. The van der Waals surface area contributed by atoms with Crippen LogP contribution in [-0.4, -0.2) is 19.0 Å². The van der Waals surface area contributed by atoms with Gasteiger partial charge >= 0.3 is 0 Å². The molecule has 15 heavy (non-hydrogen) atoms. The zero-order chi connectivity index (χ0) is 11.6. The van der Waals surface area contributed by atoms with Gasteiger partial charge in [-0.1, -0.05) is 32.6 Å². The van der Waals surface area contributed by atoms with Crippen molar-refractivity contribution in [3.05, 3.63) is 0 Å². The summed E-state index contributed by atoms with van der Waals surface area (Å²) in [5.41, 5.74) is 0. The molecule has 0 aromatic rings. The van der Waals surface area contributed by atoms with Gasteiger partial charge in [0.25, 0.3) is 0 Å². The topological polar surface area (TPSA) is 18.5 Å². The van der Waals surface area contributed by atoms with E-state index in [4.69, 9.17) is 9.47 Å². The normalized spacial score (nSPS) is 12.0. The number of hydrogen-bond donors (Lipinski definition) is 0. The molecule has 92 valence electrons. The molecule has 0 aliphatic rings. The molecular weight excluding hydrogens is 188 g/mol. The maximum absolute atomic E-state index is 5.65. The second kappa shape index (κ2) is 9.17. The van der Waals surface area contributed by atoms with Crippen molar-refractivity contribution in [1.82, 2.24) is 0 Å². The zero-order valence-corrected chi connectivity index (χ0v) is 11.0. The van der Waals surface area contributed by atoms with Gasteiger partial charge in [0, 0.05) is 19.6 Å². The van der Waals surface area contributed by atoms with E-state index in [1.165, 1.54) is 32.1 Å². The quantitative estimate of drug-likeness (QED) is 0.404. The van der Waals surface area contributed by atoms with Gasteiger partial charge in [-0.2, -0.15) is 0 Å². The van der Waals surface area contributed by atoms with E-state index in [9.17, 15) is 0 Å². The highest BCUT2D eigenvalue weighted by molar-refractivity contribution is 4.63. The van der Waals surface area contributed by atoms with Crippen molar-refractivity contribution in [2.75, 3.05) is 13.2 Å². The summed E-state index contributed by atoms with van der Waals surface area (Å²) in [5, 5.41) is 0. The summed E-state index contributed by atoms with van der Waals surface area (Å²) in [6, 6.07) is 0. The van der Waals surface area contributed by atoms with Crippen molar-refractivity contribution in [2.24, 2.45) is 0 Å². The Bertz CT molecular complexity index is 128. The van der Waals surface area contributed by atoms with E-state index in [0.29, 0.717) is 0 Å². The Hall–Kier alpha value is -0.0800. The number of unbranched alkanes of at least 4 members (excludes halogenated alkanes) is 4. The van der Waals surface area contributed by atoms with Gasteiger partial charge in [0.2, 0.25) is 0 Å². The summed E-state index contributed by atoms with van der Waals surface area (Å²) >= 11 is 0. The van der Waals surface area contributed by atoms with Crippen molar-refractivity contribution in [1.29, 1.82) is 0 Å². The van der Waals surface area contributed by atoms with Crippen LogP contribution in [-0.2, 0) is 9.47 Å². The van der Waals surface area contributed by atoms with Crippen LogP contribution in [0.1, 0.15) is 66.2 Å². The second-order valence-electron chi connectivity index (χ2n) is 4.16. The average molecular weight is 216 g/mol. The molecule has 0 heterocycles. The minimum Gasteiger partial charge on any atom is -0.351 e. The second-order valence-corrected chi connectivity index (χ2v) is 4.16. The molecule has 0 bridgehead atoms. The Labute approximate surface area is 95.3 Å². The molecule has 0 aliphatic carbocycles. The van der Waals surface area contributed by atoms with Gasteiger partial charge < -0.3 is 9.47 Å². The van der Waals surface area contributed by atoms with Crippen molar-refractivity contribution >= 4 is 0 Å². The maximum Gasteiger partial charge on any atom is 0.165 e. The largest absolute Gasteiger partial charge is 0.351 e. The van der Waals surface area contributed by atoms with Crippen molar-refractivity contribution in [2.45, 2.75) is 72.0 Å². The molecular formula is C13H28O2. The molecule has 0 aliphatic heterocycles. The molecule has 0 spiro atoms. The van der Waals surface area contributed by atoms with Crippen LogP contribution in [0.4, 0.5) is 0 Å². The molecule has 0 unspecified atom stereocenters. The van der Waals surface area contributed by atoms with E-state index >= 15 is 0 Å². The first-order chi connectivity index (χ1) is 7.18. The van der Waals surface area contributed by atoms with Crippen LogP contribution in [0.25, 0.3) is 0 Å². The molecule has 0 saturated heterocycles. The standard InChI is InChI=1S/C13H28O2/c1-5-8-9-10-11-12-13(4,14-6-2)15-7-3/h5-12H2,1-4H3. The molecule has 0 saturated carbocycles. The van der Waals surface area contributed by atoms with E-state index in [2.05, 4.69) is 13.8 Å². The average Bonchev–Trinajstić information content (AvgIpc) is 2.18. The Balaban J connectivity index is 3.65. The fourth-order valence-electron chi connectivity index (χ4n) is 1.85. The third kappa shape index (κ3) is 7.80. The van der Waals surface area contributed by atoms with Gasteiger partial charge in [-0.15, -0.1) is 0 Å². The first-order valence-corrected chi connectivity index (χ1v) is 6.46. The van der Waals surface area contributed by atoms with Crippen LogP contribution in [0.3, 0.4) is 0 Å². The van der Waals surface area contributed by atoms with Crippen molar-refractivity contribution in [3.8, 4) is 0 Å². The van der Waals surface area contributed by atoms with Crippen LogP contribution in [0, 0.1) is 0 Å². The van der Waals surface area contributed by atoms with Gasteiger partial charge in [0.05, 0.1) is 0 Å². The highest BCUT2D eigenvalue weighted by Gasteiger charge is 2.23.